The van der Waals surface area contributed by atoms with Gasteiger partial charge >= 0.3 is 0 Å². The molecule has 16 heavy (non-hydrogen) atoms. The normalized spacial score (nSPS) is 25.9. The van der Waals surface area contributed by atoms with Gasteiger partial charge in [-0.05, 0) is 18.8 Å². The Balaban J connectivity index is 1.84. The molecule has 0 saturated heterocycles. The van der Waals surface area contributed by atoms with E-state index in [0.29, 0.717) is 30.3 Å². The fourth-order valence-corrected chi connectivity index (χ4v) is 2.32. The highest BCUT2D eigenvalue weighted by Gasteiger charge is 2.24. The zero-order chi connectivity index (χ0) is 11.4. The summed E-state index contributed by atoms with van der Waals surface area (Å²) in [6.07, 6.45) is 4.69. The van der Waals surface area contributed by atoms with Crippen molar-refractivity contribution in [3.05, 3.63) is 11.8 Å². The molecule has 90 valence electrons. The minimum Gasteiger partial charge on any atom is -0.424 e. The van der Waals surface area contributed by atoms with Gasteiger partial charge in [0.1, 0.15) is 0 Å². The highest BCUT2D eigenvalue weighted by molar-refractivity contribution is 4.84. The maximum Gasteiger partial charge on any atom is 0.230 e. The van der Waals surface area contributed by atoms with Crippen molar-refractivity contribution in [2.24, 2.45) is 5.92 Å². The van der Waals surface area contributed by atoms with Crippen molar-refractivity contribution < 1.29 is 9.52 Å². The number of aliphatic hydroxyl groups is 1. The van der Waals surface area contributed by atoms with E-state index < -0.39 is 0 Å². The lowest BCUT2D eigenvalue weighted by Crippen LogP contribution is -2.39. The molecule has 0 aromatic carbocycles. The summed E-state index contributed by atoms with van der Waals surface area (Å²) in [5.74, 6) is 1.59. The second-order valence-electron chi connectivity index (χ2n) is 4.43. The Morgan fingerprint density at radius 3 is 2.88 bits per heavy atom. The smallest absolute Gasteiger partial charge is 0.230 e. The molecule has 0 aliphatic heterocycles. The first-order valence-corrected chi connectivity index (χ1v) is 5.93. The van der Waals surface area contributed by atoms with Crippen molar-refractivity contribution >= 4 is 0 Å². The van der Waals surface area contributed by atoms with Crippen molar-refractivity contribution in [2.45, 2.75) is 45.2 Å². The molecule has 1 saturated carbocycles. The van der Waals surface area contributed by atoms with Crippen LogP contribution in [-0.2, 0) is 6.54 Å². The fourth-order valence-electron chi connectivity index (χ4n) is 2.32. The van der Waals surface area contributed by atoms with Crippen LogP contribution in [0.2, 0.25) is 0 Å². The Hall–Kier alpha value is -0.940. The molecule has 1 aromatic heterocycles. The van der Waals surface area contributed by atoms with Crippen molar-refractivity contribution in [3.63, 3.8) is 0 Å². The highest BCUT2D eigenvalue weighted by atomic mass is 16.4. The van der Waals surface area contributed by atoms with Gasteiger partial charge in [0.05, 0.1) is 6.54 Å². The number of aliphatic hydroxyl groups excluding tert-OH is 1. The summed E-state index contributed by atoms with van der Waals surface area (Å²) in [6.45, 7) is 2.65. The van der Waals surface area contributed by atoms with Gasteiger partial charge < -0.3 is 14.8 Å². The van der Waals surface area contributed by atoms with Gasteiger partial charge in [-0.1, -0.05) is 12.8 Å². The Morgan fingerprint density at radius 2 is 2.19 bits per heavy atom. The first-order valence-electron chi connectivity index (χ1n) is 5.93. The molecule has 2 atom stereocenters. The van der Waals surface area contributed by atoms with Crippen LogP contribution >= 0.6 is 0 Å². The molecular weight excluding hydrogens is 206 g/mol. The summed E-state index contributed by atoms with van der Waals surface area (Å²) in [5.41, 5.74) is 0. The topological polar surface area (TPSA) is 71.2 Å². The second kappa shape index (κ2) is 5.41. The largest absolute Gasteiger partial charge is 0.424 e. The van der Waals surface area contributed by atoms with E-state index in [1.165, 1.54) is 12.8 Å². The third kappa shape index (κ3) is 2.80. The van der Waals surface area contributed by atoms with Crippen LogP contribution in [0, 0.1) is 12.8 Å². The van der Waals surface area contributed by atoms with E-state index in [2.05, 4.69) is 15.5 Å². The molecule has 2 rings (SSSR count). The van der Waals surface area contributed by atoms with Crippen molar-refractivity contribution in [2.75, 3.05) is 6.61 Å². The molecule has 5 nitrogen and oxygen atoms in total. The molecule has 1 aromatic rings. The molecule has 2 unspecified atom stereocenters. The van der Waals surface area contributed by atoms with Gasteiger partial charge in [0.25, 0.3) is 0 Å². The molecule has 5 heteroatoms. The number of aromatic nitrogens is 2. The van der Waals surface area contributed by atoms with Crippen LogP contribution in [0.4, 0.5) is 0 Å². The lowest BCUT2D eigenvalue weighted by molar-refractivity contribution is 0.150. The number of aryl methyl sites for hydroxylation is 1. The summed E-state index contributed by atoms with van der Waals surface area (Å²) in [4.78, 5) is 0. The van der Waals surface area contributed by atoms with Gasteiger partial charge in [-0.15, -0.1) is 10.2 Å². The summed E-state index contributed by atoms with van der Waals surface area (Å²) >= 11 is 0. The predicted molar refractivity (Wildman–Crippen MR) is 58.7 cm³/mol. The predicted octanol–water partition coefficient (Wildman–Crippen LogP) is 1.02. The van der Waals surface area contributed by atoms with Crippen LogP contribution in [0.3, 0.4) is 0 Å². The van der Waals surface area contributed by atoms with E-state index in [1.807, 2.05) is 0 Å². The molecule has 1 heterocycles. The first kappa shape index (κ1) is 11.5. The Morgan fingerprint density at radius 1 is 1.38 bits per heavy atom. The number of nitrogens with one attached hydrogen (secondary N) is 1. The zero-order valence-corrected chi connectivity index (χ0v) is 9.65. The van der Waals surface area contributed by atoms with Crippen molar-refractivity contribution in [1.82, 2.24) is 15.5 Å². The Bertz CT molecular complexity index is 327. The van der Waals surface area contributed by atoms with Crippen LogP contribution in [-0.4, -0.2) is 28.0 Å². The van der Waals surface area contributed by atoms with Crippen LogP contribution in [0.25, 0.3) is 0 Å². The first-order chi connectivity index (χ1) is 7.79. The van der Waals surface area contributed by atoms with E-state index in [9.17, 15) is 5.11 Å². The van der Waals surface area contributed by atoms with Crippen molar-refractivity contribution in [3.8, 4) is 0 Å². The average molecular weight is 225 g/mol. The summed E-state index contributed by atoms with van der Waals surface area (Å²) in [5, 5.41) is 20.4. The molecule has 2 N–H and O–H groups in total. The molecule has 0 amide bonds. The summed E-state index contributed by atoms with van der Waals surface area (Å²) < 4.78 is 5.30. The number of nitrogens with zero attached hydrogens (tertiary/aromatic N) is 2. The molecule has 0 radical (unpaired) electrons. The minimum absolute atomic E-state index is 0.264. The molecule has 1 aliphatic rings. The molecule has 1 fully saturated rings. The second-order valence-corrected chi connectivity index (χ2v) is 4.43. The van der Waals surface area contributed by atoms with Gasteiger partial charge in [-0.2, -0.15) is 0 Å². The van der Waals surface area contributed by atoms with Gasteiger partial charge in [-0.3, -0.25) is 0 Å². The third-order valence-electron chi connectivity index (χ3n) is 3.23. The highest BCUT2D eigenvalue weighted by Crippen LogP contribution is 2.24. The van der Waals surface area contributed by atoms with Gasteiger partial charge in [0, 0.05) is 19.6 Å². The molecule has 0 bridgehead atoms. The Labute approximate surface area is 95.3 Å². The van der Waals surface area contributed by atoms with Crippen molar-refractivity contribution in [1.29, 1.82) is 0 Å². The van der Waals surface area contributed by atoms with Gasteiger partial charge in [0.2, 0.25) is 11.8 Å². The molecular formula is C11H19N3O2. The van der Waals surface area contributed by atoms with E-state index in [4.69, 9.17) is 4.42 Å². The summed E-state index contributed by atoms with van der Waals surface area (Å²) in [7, 11) is 0. The van der Waals surface area contributed by atoms with Crippen LogP contribution in [0.5, 0.6) is 0 Å². The number of hydrogen-bond acceptors (Lipinski definition) is 5. The van der Waals surface area contributed by atoms with Crippen LogP contribution in [0.15, 0.2) is 4.42 Å². The maximum atomic E-state index is 9.27. The van der Waals surface area contributed by atoms with Crippen LogP contribution < -0.4 is 5.32 Å². The number of hydrogen-bond donors (Lipinski definition) is 2. The van der Waals surface area contributed by atoms with Gasteiger partial charge in [-0.25, -0.2) is 0 Å². The summed E-state index contributed by atoms with van der Waals surface area (Å²) in [6, 6.07) is 0.381. The third-order valence-corrected chi connectivity index (χ3v) is 3.23. The molecule has 1 aliphatic carbocycles. The Kier molecular flexibility index (Phi) is 3.90. The average Bonchev–Trinajstić information content (AvgIpc) is 2.73. The lowest BCUT2D eigenvalue weighted by atomic mass is 9.85. The van der Waals surface area contributed by atoms with Gasteiger partial charge in [0.15, 0.2) is 0 Å². The fraction of sp³-hybridized carbons (Fsp3) is 0.818. The maximum absolute atomic E-state index is 9.27. The number of rotatable bonds is 4. The molecule has 0 spiro atoms. The quantitative estimate of drug-likeness (QED) is 0.800. The lowest BCUT2D eigenvalue weighted by Gasteiger charge is -2.30. The SMILES string of the molecule is Cc1nnc(CNC2CCCCC2CO)o1. The van der Waals surface area contributed by atoms with E-state index in [-0.39, 0.29) is 6.61 Å². The monoisotopic (exact) mass is 225 g/mol. The van der Waals surface area contributed by atoms with E-state index in [0.717, 1.165) is 12.8 Å². The van der Waals surface area contributed by atoms with Crippen LogP contribution in [0.1, 0.15) is 37.5 Å². The standard InChI is InChI=1S/C11H19N3O2/c1-8-13-14-11(16-8)6-12-10-5-3-2-4-9(10)7-15/h9-10,12,15H,2-7H2,1H3. The van der Waals surface area contributed by atoms with E-state index in [1.54, 1.807) is 6.92 Å². The van der Waals surface area contributed by atoms with E-state index >= 15 is 0 Å². The zero-order valence-electron chi connectivity index (χ0n) is 9.65. The minimum atomic E-state index is 0.264.